The Morgan fingerprint density at radius 2 is 2.00 bits per heavy atom. The van der Waals surface area contributed by atoms with Crippen molar-refractivity contribution in [1.82, 2.24) is 5.32 Å². The lowest BCUT2D eigenvalue weighted by Gasteiger charge is -2.28. The highest BCUT2D eigenvalue weighted by Crippen LogP contribution is 2.49. The number of carbonyl (C=O) groups excluding carboxylic acids is 2. The number of rotatable bonds is 7. The van der Waals surface area contributed by atoms with Crippen molar-refractivity contribution in [2.24, 2.45) is 17.8 Å². The number of carbonyl (C=O) groups is 2. The van der Waals surface area contributed by atoms with Gasteiger partial charge in [0.2, 0.25) is 0 Å². The quantitative estimate of drug-likeness (QED) is 0.760. The maximum atomic E-state index is 12.1. The number of benzene rings is 1. The van der Waals surface area contributed by atoms with Gasteiger partial charge in [-0.25, -0.2) is 4.79 Å². The Bertz CT molecular complexity index is 672. The van der Waals surface area contributed by atoms with E-state index in [1.54, 1.807) is 0 Å². The van der Waals surface area contributed by atoms with E-state index in [0.717, 1.165) is 23.0 Å². The summed E-state index contributed by atoms with van der Waals surface area (Å²) in [5.74, 6) is 2.07. The molecule has 1 N–H and O–H groups in total. The van der Waals surface area contributed by atoms with Gasteiger partial charge in [0.25, 0.3) is 5.91 Å². The largest absolute Gasteiger partial charge is 0.482 e. The molecule has 142 valence electrons. The van der Waals surface area contributed by atoms with Crippen LogP contribution in [-0.2, 0) is 14.3 Å². The summed E-state index contributed by atoms with van der Waals surface area (Å²) in [6, 6.07) is 5.96. The van der Waals surface area contributed by atoms with E-state index in [1.165, 1.54) is 25.7 Å². The van der Waals surface area contributed by atoms with Crippen LogP contribution in [0, 0.1) is 31.6 Å². The summed E-state index contributed by atoms with van der Waals surface area (Å²) in [6.45, 7) is 5.51. The molecule has 1 aromatic rings. The number of ether oxygens (including phenoxy) is 2. The summed E-state index contributed by atoms with van der Waals surface area (Å²) < 4.78 is 10.5. The van der Waals surface area contributed by atoms with E-state index in [1.807, 2.05) is 32.0 Å². The van der Waals surface area contributed by atoms with Gasteiger partial charge in [-0.2, -0.15) is 0 Å². The summed E-state index contributed by atoms with van der Waals surface area (Å²) in [4.78, 5) is 23.9. The molecule has 1 aromatic carbocycles. The van der Waals surface area contributed by atoms with Crippen molar-refractivity contribution in [2.75, 3.05) is 13.2 Å². The van der Waals surface area contributed by atoms with Gasteiger partial charge in [0.15, 0.2) is 13.2 Å². The van der Waals surface area contributed by atoms with Crippen LogP contribution < -0.4 is 10.1 Å². The van der Waals surface area contributed by atoms with Crippen LogP contribution in [0.3, 0.4) is 0 Å². The lowest BCUT2D eigenvalue weighted by molar-refractivity contribution is -0.150. The molecule has 2 aliphatic rings. The Kier molecular flexibility index (Phi) is 5.84. The van der Waals surface area contributed by atoms with Crippen LogP contribution in [0.4, 0.5) is 0 Å². The molecule has 0 unspecified atom stereocenters. The van der Waals surface area contributed by atoms with Gasteiger partial charge in [-0.05, 0) is 75.0 Å². The van der Waals surface area contributed by atoms with E-state index in [4.69, 9.17) is 9.47 Å². The van der Waals surface area contributed by atoms with Crippen LogP contribution in [0.25, 0.3) is 0 Å². The van der Waals surface area contributed by atoms with E-state index >= 15 is 0 Å². The van der Waals surface area contributed by atoms with Gasteiger partial charge in [0.1, 0.15) is 5.75 Å². The summed E-state index contributed by atoms with van der Waals surface area (Å²) in [5.41, 5.74) is 2.02. The molecule has 2 fully saturated rings. The highest BCUT2D eigenvalue weighted by Gasteiger charge is 2.42. The van der Waals surface area contributed by atoms with Crippen molar-refractivity contribution in [3.05, 3.63) is 29.3 Å². The average Bonchev–Trinajstić information content (AvgIpc) is 3.24. The monoisotopic (exact) mass is 359 g/mol. The molecule has 0 saturated heterocycles. The molecule has 2 aliphatic carbocycles. The van der Waals surface area contributed by atoms with E-state index in [-0.39, 0.29) is 25.2 Å². The summed E-state index contributed by atoms with van der Waals surface area (Å²) in [6.07, 6.45) is 5.17. The zero-order valence-corrected chi connectivity index (χ0v) is 15.9. The van der Waals surface area contributed by atoms with Gasteiger partial charge >= 0.3 is 5.97 Å². The van der Waals surface area contributed by atoms with Crippen LogP contribution in [0.15, 0.2) is 18.2 Å². The topological polar surface area (TPSA) is 64.6 Å². The van der Waals surface area contributed by atoms with Crippen LogP contribution in [0.2, 0.25) is 0 Å². The van der Waals surface area contributed by atoms with E-state index in [0.29, 0.717) is 11.7 Å². The van der Waals surface area contributed by atoms with Crippen LogP contribution in [0.5, 0.6) is 5.75 Å². The molecular formula is C21H29NO4. The predicted octanol–water partition coefficient (Wildman–Crippen LogP) is 3.17. The van der Waals surface area contributed by atoms with E-state index < -0.39 is 5.97 Å². The number of fused-ring (bicyclic) bond motifs is 2. The van der Waals surface area contributed by atoms with Crippen molar-refractivity contribution in [3.8, 4) is 5.75 Å². The standard InChI is InChI=1S/C21H29NO4/c1-13-4-5-14(2)19(8-13)25-12-21(24)26-11-20(23)22-15(3)18-10-16-6-7-17(18)9-16/h4-5,8,15-18H,6-7,9-12H2,1-3H3,(H,22,23)/t15-,16+,17+,18+/m1/s1. The summed E-state index contributed by atoms with van der Waals surface area (Å²) in [5, 5.41) is 3.00. The molecule has 4 atom stereocenters. The van der Waals surface area contributed by atoms with Crippen molar-refractivity contribution >= 4 is 11.9 Å². The smallest absolute Gasteiger partial charge is 0.344 e. The molecule has 0 aromatic heterocycles. The van der Waals surface area contributed by atoms with Crippen molar-refractivity contribution in [2.45, 2.75) is 52.5 Å². The Morgan fingerprint density at radius 3 is 2.69 bits per heavy atom. The normalized spacial score (nSPS) is 25.0. The fourth-order valence-corrected chi connectivity index (χ4v) is 4.50. The first-order valence-electron chi connectivity index (χ1n) is 9.57. The number of amides is 1. The van der Waals surface area contributed by atoms with Gasteiger partial charge in [-0.15, -0.1) is 0 Å². The first kappa shape index (κ1) is 18.7. The second kappa shape index (κ2) is 8.11. The van der Waals surface area contributed by atoms with Crippen molar-refractivity contribution in [3.63, 3.8) is 0 Å². The van der Waals surface area contributed by atoms with Crippen LogP contribution in [-0.4, -0.2) is 31.1 Å². The van der Waals surface area contributed by atoms with Gasteiger partial charge in [0.05, 0.1) is 0 Å². The number of nitrogens with one attached hydrogen (secondary N) is 1. The van der Waals surface area contributed by atoms with Gasteiger partial charge in [-0.1, -0.05) is 18.6 Å². The minimum atomic E-state index is -0.534. The summed E-state index contributed by atoms with van der Waals surface area (Å²) >= 11 is 0. The maximum Gasteiger partial charge on any atom is 0.344 e. The fraction of sp³-hybridized carbons (Fsp3) is 0.619. The summed E-state index contributed by atoms with van der Waals surface area (Å²) in [7, 11) is 0. The Balaban J connectivity index is 1.37. The molecule has 5 heteroatoms. The maximum absolute atomic E-state index is 12.1. The molecule has 0 spiro atoms. The fourth-order valence-electron chi connectivity index (χ4n) is 4.50. The van der Waals surface area contributed by atoms with Crippen molar-refractivity contribution < 1.29 is 19.1 Å². The van der Waals surface area contributed by atoms with E-state index in [9.17, 15) is 9.59 Å². The number of aryl methyl sites for hydroxylation is 2. The molecule has 2 saturated carbocycles. The molecule has 3 rings (SSSR count). The first-order chi connectivity index (χ1) is 12.4. The second-order valence-corrected chi connectivity index (χ2v) is 7.91. The molecule has 2 bridgehead atoms. The third kappa shape index (κ3) is 4.57. The SMILES string of the molecule is Cc1ccc(C)c(OCC(=O)OCC(=O)N[C@H](C)[C@@H]2C[C@H]3CC[C@H]2C3)c1. The number of hydrogen-bond acceptors (Lipinski definition) is 4. The Hall–Kier alpha value is -2.04. The van der Waals surface area contributed by atoms with Crippen LogP contribution >= 0.6 is 0 Å². The predicted molar refractivity (Wildman–Crippen MR) is 98.9 cm³/mol. The number of hydrogen-bond donors (Lipinski definition) is 1. The van der Waals surface area contributed by atoms with Crippen LogP contribution in [0.1, 0.15) is 43.7 Å². The van der Waals surface area contributed by atoms with E-state index in [2.05, 4.69) is 12.2 Å². The lowest BCUT2D eigenvalue weighted by atomic mass is 9.84. The van der Waals surface area contributed by atoms with Crippen molar-refractivity contribution in [1.29, 1.82) is 0 Å². The minimum Gasteiger partial charge on any atom is -0.482 e. The number of esters is 1. The Morgan fingerprint density at radius 1 is 1.19 bits per heavy atom. The minimum absolute atomic E-state index is 0.141. The lowest BCUT2D eigenvalue weighted by Crippen LogP contribution is -2.42. The van der Waals surface area contributed by atoms with Gasteiger partial charge < -0.3 is 14.8 Å². The Labute approximate surface area is 155 Å². The molecule has 0 radical (unpaired) electrons. The van der Waals surface area contributed by atoms with Gasteiger partial charge in [-0.3, -0.25) is 4.79 Å². The first-order valence-corrected chi connectivity index (χ1v) is 9.57. The molecule has 5 nitrogen and oxygen atoms in total. The zero-order chi connectivity index (χ0) is 18.7. The zero-order valence-electron chi connectivity index (χ0n) is 15.9. The third-order valence-corrected chi connectivity index (χ3v) is 5.88. The molecule has 1 amide bonds. The molecule has 0 aliphatic heterocycles. The second-order valence-electron chi connectivity index (χ2n) is 7.91. The van der Waals surface area contributed by atoms with Gasteiger partial charge in [0, 0.05) is 6.04 Å². The molecular weight excluding hydrogens is 330 g/mol. The molecule has 0 heterocycles. The third-order valence-electron chi connectivity index (χ3n) is 5.88. The highest BCUT2D eigenvalue weighted by molar-refractivity contribution is 5.81. The molecule has 26 heavy (non-hydrogen) atoms. The highest BCUT2D eigenvalue weighted by atomic mass is 16.6. The average molecular weight is 359 g/mol.